The molecule has 0 bridgehead atoms. The lowest BCUT2D eigenvalue weighted by Crippen LogP contribution is -2.27. The maximum Gasteiger partial charge on any atom is 0.233 e. The van der Waals surface area contributed by atoms with E-state index < -0.39 is 0 Å². The number of carbonyl (C=O) groups excluding carboxylic acids is 2. The second kappa shape index (κ2) is 8.13. The average Bonchev–Trinajstić information content (AvgIpc) is 2.53. The summed E-state index contributed by atoms with van der Waals surface area (Å²) in [6, 6.07) is 15.5. The van der Waals surface area contributed by atoms with Gasteiger partial charge >= 0.3 is 0 Å². The Labute approximate surface area is 136 Å². The van der Waals surface area contributed by atoms with E-state index in [2.05, 4.69) is 17.6 Å². The molecule has 2 aromatic rings. The lowest BCUT2D eigenvalue weighted by atomic mass is 10.1. The van der Waals surface area contributed by atoms with Crippen LogP contribution in [0.4, 0.5) is 5.69 Å². The minimum atomic E-state index is -0.309. The molecule has 0 fully saturated rings. The van der Waals surface area contributed by atoms with Crippen LogP contribution in [-0.2, 0) is 22.6 Å². The number of anilines is 1. The van der Waals surface area contributed by atoms with E-state index in [9.17, 15) is 9.59 Å². The summed E-state index contributed by atoms with van der Waals surface area (Å²) in [5.74, 6) is -0.592. The number of hydrogen-bond donors (Lipinski definition) is 2. The molecule has 2 aromatic carbocycles. The van der Waals surface area contributed by atoms with Gasteiger partial charge in [0.05, 0.1) is 0 Å². The molecule has 0 aliphatic carbocycles. The van der Waals surface area contributed by atoms with E-state index in [1.54, 1.807) is 0 Å². The Morgan fingerprint density at radius 3 is 2.35 bits per heavy atom. The fourth-order valence-electron chi connectivity index (χ4n) is 2.26. The van der Waals surface area contributed by atoms with Gasteiger partial charge in [0, 0.05) is 12.2 Å². The predicted molar refractivity (Wildman–Crippen MR) is 92.1 cm³/mol. The largest absolute Gasteiger partial charge is 0.352 e. The molecule has 0 aromatic heterocycles. The Hall–Kier alpha value is -2.62. The first kappa shape index (κ1) is 16.7. The lowest BCUT2D eigenvalue weighted by Gasteiger charge is -2.08. The first-order valence-electron chi connectivity index (χ1n) is 7.78. The van der Waals surface area contributed by atoms with Gasteiger partial charge in [-0.3, -0.25) is 9.59 Å². The van der Waals surface area contributed by atoms with Gasteiger partial charge in [-0.25, -0.2) is 0 Å². The van der Waals surface area contributed by atoms with Gasteiger partial charge in [-0.05, 0) is 36.6 Å². The highest BCUT2D eigenvalue weighted by Gasteiger charge is 2.09. The number of carbonyl (C=O) groups is 2. The molecule has 0 saturated carbocycles. The van der Waals surface area contributed by atoms with Crippen molar-refractivity contribution >= 4 is 17.5 Å². The fraction of sp³-hybridized carbons (Fsp3) is 0.263. The number of nitrogens with one attached hydrogen (secondary N) is 2. The molecule has 2 rings (SSSR count). The summed E-state index contributed by atoms with van der Waals surface area (Å²) in [5.41, 5.74) is 4.08. The van der Waals surface area contributed by atoms with Gasteiger partial charge in [0.15, 0.2) is 0 Å². The number of amides is 2. The van der Waals surface area contributed by atoms with Crippen LogP contribution >= 0.6 is 0 Å². The van der Waals surface area contributed by atoms with Crippen molar-refractivity contribution in [3.8, 4) is 0 Å². The van der Waals surface area contributed by atoms with E-state index in [4.69, 9.17) is 0 Å². The summed E-state index contributed by atoms with van der Waals surface area (Å²) >= 11 is 0. The summed E-state index contributed by atoms with van der Waals surface area (Å²) in [5, 5.41) is 5.49. The lowest BCUT2D eigenvalue weighted by molar-refractivity contribution is -0.126. The van der Waals surface area contributed by atoms with Gasteiger partial charge in [-0.1, -0.05) is 48.9 Å². The number of benzene rings is 2. The van der Waals surface area contributed by atoms with Crippen molar-refractivity contribution in [3.63, 3.8) is 0 Å². The van der Waals surface area contributed by atoms with Crippen LogP contribution in [0, 0.1) is 6.92 Å². The van der Waals surface area contributed by atoms with Crippen molar-refractivity contribution in [2.24, 2.45) is 0 Å². The molecular formula is C19H22N2O2. The van der Waals surface area contributed by atoms with Crippen LogP contribution < -0.4 is 10.6 Å². The second-order valence-electron chi connectivity index (χ2n) is 5.54. The maximum absolute atomic E-state index is 11.9. The van der Waals surface area contributed by atoms with Gasteiger partial charge in [-0.15, -0.1) is 0 Å². The fourth-order valence-corrected chi connectivity index (χ4v) is 2.26. The molecule has 2 N–H and O–H groups in total. The third-order valence-electron chi connectivity index (χ3n) is 3.54. The van der Waals surface area contributed by atoms with E-state index in [1.807, 2.05) is 55.5 Å². The van der Waals surface area contributed by atoms with Crippen molar-refractivity contribution < 1.29 is 9.59 Å². The third-order valence-corrected chi connectivity index (χ3v) is 3.54. The molecule has 0 radical (unpaired) electrons. The van der Waals surface area contributed by atoms with Crippen molar-refractivity contribution in [1.82, 2.24) is 5.32 Å². The SMILES string of the molecule is CCc1ccc(NC(=O)CC(=O)NCc2cccc(C)c2)cc1. The normalized spacial score (nSPS) is 10.2. The van der Waals surface area contributed by atoms with Crippen LogP contribution in [0.1, 0.15) is 30.0 Å². The van der Waals surface area contributed by atoms with Crippen molar-refractivity contribution in [2.45, 2.75) is 33.2 Å². The average molecular weight is 310 g/mol. The molecule has 4 nitrogen and oxygen atoms in total. The summed E-state index contributed by atoms with van der Waals surface area (Å²) in [7, 11) is 0. The molecular weight excluding hydrogens is 288 g/mol. The van der Waals surface area contributed by atoms with Crippen LogP contribution in [0.2, 0.25) is 0 Å². The molecule has 4 heteroatoms. The first-order chi connectivity index (χ1) is 11.1. The minimum absolute atomic E-state index is 0.179. The third kappa shape index (κ3) is 5.58. The van der Waals surface area contributed by atoms with Crippen LogP contribution in [0.25, 0.3) is 0 Å². The molecule has 0 heterocycles. The molecule has 0 saturated heterocycles. The molecule has 23 heavy (non-hydrogen) atoms. The monoisotopic (exact) mass is 310 g/mol. The zero-order valence-corrected chi connectivity index (χ0v) is 13.6. The quantitative estimate of drug-likeness (QED) is 0.805. The summed E-state index contributed by atoms with van der Waals surface area (Å²) < 4.78 is 0. The van der Waals surface area contributed by atoms with Gasteiger partial charge in [0.25, 0.3) is 0 Å². The molecule has 120 valence electrons. The zero-order chi connectivity index (χ0) is 16.7. The van der Waals surface area contributed by atoms with Crippen LogP contribution in [0.5, 0.6) is 0 Å². The van der Waals surface area contributed by atoms with Crippen molar-refractivity contribution in [2.75, 3.05) is 5.32 Å². The molecule has 0 aliphatic heterocycles. The van der Waals surface area contributed by atoms with E-state index in [-0.39, 0.29) is 18.2 Å². The Balaban J connectivity index is 1.78. The van der Waals surface area contributed by atoms with Gasteiger partial charge in [0.2, 0.25) is 11.8 Å². The highest BCUT2D eigenvalue weighted by atomic mass is 16.2. The summed E-state index contributed by atoms with van der Waals surface area (Å²) in [4.78, 5) is 23.7. The minimum Gasteiger partial charge on any atom is -0.352 e. The Morgan fingerprint density at radius 1 is 0.957 bits per heavy atom. The van der Waals surface area contributed by atoms with E-state index in [0.717, 1.165) is 17.5 Å². The maximum atomic E-state index is 11.9. The highest BCUT2D eigenvalue weighted by Crippen LogP contribution is 2.10. The molecule has 0 aliphatic rings. The summed E-state index contributed by atoms with van der Waals surface area (Å²) in [6.45, 7) is 4.51. The van der Waals surface area contributed by atoms with Crippen LogP contribution in [0.15, 0.2) is 48.5 Å². The van der Waals surface area contributed by atoms with Crippen molar-refractivity contribution in [3.05, 3.63) is 65.2 Å². The predicted octanol–water partition coefficient (Wildman–Crippen LogP) is 3.20. The first-order valence-corrected chi connectivity index (χ1v) is 7.78. The van der Waals surface area contributed by atoms with Gasteiger partial charge in [0.1, 0.15) is 6.42 Å². The number of aryl methyl sites for hydroxylation is 2. The van der Waals surface area contributed by atoms with E-state index >= 15 is 0 Å². The Bertz CT molecular complexity index is 678. The second-order valence-corrected chi connectivity index (χ2v) is 5.54. The highest BCUT2D eigenvalue weighted by molar-refractivity contribution is 6.03. The van der Waals surface area contributed by atoms with Crippen LogP contribution in [0.3, 0.4) is 0 Å². The van der Waals surface area contributed by atoms with Gasteiger partial charge < -0.3 is 10.6 Å². The van der Waals surface area contributed by atoms with E-state index in [0.29, 0.717) is 12.2 Å². The Morgan fingerprint density at radius 2 is 1.70 bits per heavy atom. The van der Waals surface area contributed by atoms with Crippen LogP contribution in [-0.4, -0.2) is 11.8 Å². The zero-order valence-electron chi connectivity index (χ0n) is 13.6. The van der Waals surface area contributed by atoms with E-state index in [1.165, 1.54) is 5.56 Å². The van der Waals surface area contributed by atoms with Gasteiger partial charge in [-0.2, -0.15) is 0 Å². The molecule has 0 spiro atoms. The smallest absolute Gasteiger partial charge is 0.233 e. The van der Waals surface area contributed by atoms with Crippen molar-refractivity contribution in [1.29, 1.82) is 0 Å². The molecule has 2 amide bonds. The summed E-state index contributed by atoms with van der Waals surface area (Å²) in [6.07, 6.45) is 0.775. The number of rotatable bonds is 6. The Kier molecular flexibility index (Phi) is 5.92. The standard InChI is InChI=1S/C19H22N2O2/c1-3-15-7-9-17(10-8-15)21-19(23)12-18(22)20-13-16-6-4-5-14(2)11-16/h4-11H,3,12-13H2,1-2H3,(H,20,22)(H,21,23). The molecule has 0 atom stereocenters. The number of hydrogen-bond acceptors (Lipinski definition) is 2. The topological polar surface area (TPSA) is 58.2 Å². The molecule has 0 unspecified atom stereocenters.